The molecule has 126 valence electrons. The van der Waals surface area contributed by atoms with Crippen molar-refractivity contribution in [3.63, 3.8) is 0 Å². The van der Waals surface area contributed by atoms with Crippen LogP contribution in [0.1, 0.15) is 44.3 Å². The zero-order chi connectivity index (χ0) is 17.0. The van der Waals surface area contributed by atoms with Gasteiger partial charge in [-0.2, -0.15) is 13.2 Å². The van der Waals surface area contributed by atoms with Gasteiger partial charge in [-0.05, 0) is 26.7 Å². The largest absolute Gasteiger partial charge is 0.398 e. The summed E-state index contributed by atoms with van der Waals surface area (Å²) in [6.07, 6.45) is -4.07. The van der Waals surface area contributed by atoms with Crippen molar-refractivity contribution in [2.24, 2.45) is 0 Å². The number of urea groups is 1. The molecule has 10 heteroatoms. The van der Waals surface area contributed by atoms with Crippen LogP contribution in [0.15, 0.2) is 0 Å². The smallest absolute Gasteiger partial charge is 0.324 e. The van der Waals surface area contributed by atoms with Crippen LogP contribution in [0.2, 0.25) is 0 Å². The van der Waals surface area contributed by atoms with Crippen molar-refractivity contribution in [2.45, 2.75) is 57.4 Å². The summed E-state index contributed by atoms with van der Waals surface area (Å²) in [6.45, 7) is 3.28. The first-order chi connectivity index (χ1) is 10.6. The molecule has 1 saturated heterocycles. The predicted octanol–water partition coefficient (Wildman–Crippen LogP) is 1.55. The maximum atomic E-state index is 13.1. The van der Waals surface area contributed by atoms with Crippen LogP contribution < -0.4 is 5.32 Å². The van der Waals surface area contributed by atoms with E-state index >= 15 is 0 Å². The lowest BCUT2D eigenvalue weighted by Crippen LogP contribution is -2.40. The maximum absolute atomic E-state index is 13.1. The molecule has 3 heterocycles. The van der Waals surface area contributed by atoms with E-state index in [2.05, 4.69) is 15.5 Å². The molecule has 0 aliphatic carbocycles. The van der Waals surface area contributed by atoms with Gasteiger partial charge in [-0.3, -0.25) is 9.69 Å². The van der Waals surface area contributed by atoms with E-state index in [-0.39, 0.29) is 24.6 Å². The Hall–Kier alpha value is -2.13. The monoisotopic (exact) mass is 331 g/mol. The zero-order valence-electron chi connectivity index (χ0n) is 12.6. The number of imide groups is 1. The van der Waals surface area contributed by atoms with E-state index in [0.717, 1.165) is 4.90 Å². The average molecular weight is 331 g/mol. The second kappa shape index (κ2) is 4.93. The standard InChI is InChI=1S/C13H16F3N5O2/c1-12(2)10(22)21(11(23)17-12)6-8-18-19-9-7(13(14,15)16)4-3-5-20(8)9/h7H,3-6H2,1-2H3,(H,17,23). The fourth-order valence-corrected chi connectivity index (χ4v) is 2.96. The van der Waals surface area contributed by atoms with Crippen LogP contribution in [-0.2, 0) is 17.9 Å². The molecule has 0 bridgehead atoms. The molecule has 1 unspecified atom stereocenters. The molecular weight excluding hydrogens is 315 g/mol. The second-order valence-corrected chi connectivity index (χ2v) is 6.31. The van der Waals surface area contributed by atoms with Crippen LogP contribution in [-0.4, -0.2) is 43.3 Å². The molecule has 7 nitrogen and oxygen atoms in total. The van der Waals surface area contributed by atoms with Gasteiger partial charge in [0.2, 0.25) is 0 Å². The van der Waals surface area contributed by atoms with E-state index in [4.69, 9.17) is 0 Å². The first-order valence-corrected chi connectivity index (χ1v) is 7.24. The summed E-state index contributed by atoms with van der Waals surface area (Å²) in [5.41, 5.74) is -1.03. The summed E-state index contributed by atoms with van der Waals surface area (Å²) < 4.78 is 40.5. The molecule has 0 aromatic carbocycles. The van der Waals surface area contributed by atoms with Gasteiger partial charge in [0.05, 0.1) is 6.54 Å². The average Bonchev–Trinajstić information content (AvgIpc) is 2.92. The van der Waals surface area contributed by atoms with Crippen LogP contribution in [0.5, 0.6) is 0 Å². The molecule has 3 rings (SSSR count). The number of halogens is 3. The van der Waals surface area contributed by atoms with Crippen LogP contribution in [0.3, 0.4) is 0 Å². The predicted molar refractivity (Wildman–Crippen MR) is 71.2 cm³/mol. The number of rotatable bonds is 2. The van der Waals surface area contributed by atoms with Crippen molar-refractivity contribution in [1.29, 1.82) is 0 Å². The molecule has 1 fully saturated rings. The minimum absolute atomic E-state index is 0.0300. The van der Waals surface area contributed by atoms with Crippen molar-refractivity contribution < 1.29 is 22.8 Å². The number of carbonyl (C=O) groups is 2. The van der Waals surface area contributed by atoms with E-state index in [9.17, 15) is 22.8 Å². The SMILES string of the molecule is CC1(C)NC(=O)N(Cc2nnc3n2CCCC3C(F)(F)F)C1=O. The van der Waals surface area contributed by atoms with Crippen molar-refractivity contribution in [3.8, 4) is 0 Å². The minimum atomic E-state index is -4.38. The first-order valence-electron chi connectivity index (χ1n) is 7.24. The molecule has 0 spiro atoms. The lowest BCUT2D eigenvalue weighted by molar-refractivity contribution is -0.156. The number of fused-ring (bicyclic) bond motifs is 1. The molecule has 1 atom stereocenters. The van der Waals surface area contributed by atoms with Gasteiger partial charge in [-0.15, -0.1) is 10.2 Å². The highest BCUT2D eigenvalue weighted by Crippen LogP contribution is 2.40. The molecule has 1 aromatic rings. The molecule has 2 aliphatic heterocycles. The van der Waals surface area contributed by atoms with E-state index in [1.165, 1.54) is 4.57 Å². The van der Waals surface area contributed by atoms with Gasteiger partial charge in [0.1, 0.15) is 17.3 Å². The van der Waals surface area contributed by atoms with Gasteiger partial charge in [0, 0.05) is 6.54 Å². The Labute approximate surface area is 129 Å². The maximum Gasteiger partial charge on any atom is 0.398 e. The number of nitrogens with one attached hydrogen (secondary N) is 1. The fraction of sp³-hybridized carbons (Fsp3) is 0.692. The summed E-state index contributed by atoms with van der Waals surface area (Å²) >= 11 is 0. The van der Waals surface area contributed by atoms with Gasteiger partial charge >= 0.3 is 12.2 Å². The number of aromatic nitrogens is 3. The lowest BCUT2D eigenvalue weighted by Gasteiger charge is -2.25. The summed E-state index contributed by atoms with van der Waals surface area (Å²) in [5, 5.41) is 9.96. The highest BCUT2D eigenvalue weighted by molar-refractivity contribution is 6.06. The number of amides is 3. The quantitative estimate of drug-likeness (QED) is 0.834. The Morgan fingerprint density at radius 2 is 2.00 bits per heavy atom. The van der Waals surface area contributed by atoms with Gasteiger partial charge < -0.3 is 9.88 Å². The number of hydrogen-bond acceptors (Lipinski definition) is 4. The van der Waals surface area contributed by atoms with E-state index in [1.54, 1.807) is 13.8 Å². The van der Waals surface area contributed by atoms with E-state index < -0.39 is 29.6 Å². The lowest BCUT2D eigenvalue weighted by atomic mass is 9.98. The molecule has 23 heavy (non-hydrogen) atoms. The Morgan fingerprint density at radius 3 is 2.57 bits per heavy atom. The third-order valence-corrected chi connectivity index (χ3v) is 4.18. The van der Waals surface area contributed by atoms with Gasteiger partial charge in [0.15, 0.2) is 5.82 Å². The fourth-order valence-electron chi connectivity index (χ4n) is 2.96. The summed E-state index contributed by atoms with van der Waals surface area (Å²) in [5.74, 6) is -2.06. The number of nitrogens with zero attached hydrogens (tertiary/aromatic N) is 4. The molecule has 2 aliphatic rings. The third-order valence-electron chi connectivity index (χ3n) is 4.18. The van der Waals surface area contributed by atoms with Gasteiger partial charge in [-0.1, -0.05) is 0 Å². The van der Waals surface area contributed by atoms with E-state index in [0.29, 0.717) is 13.0 Å². The minimum Gasteiger partial charge on any atom is -0.324 e. The highest BCUT2D eigenvalue weighted by atomic mass is 19.4. The number of hydrogen-bond donors (Lipinski definition) is 1. The molecule has 3 amide bonds. The molecule has 1 N–H and O–H groups in total. The van der Waals surface area contributed by atoms with Crippen molar-refractivity contribution in [1.82, 2.24) is 25.0 Å². The van der Waals surface area contributed by atoms with Crippen molar-refractivity contribution in [3.05, 3.63) is 11.6 Å². The summed E-state index contributed by atoms with van der Waals surface area (Å²) in [4.78, 5) is 25.0. The normalized spacial score (nSPS) is 23.9. The topological polar surface area (TPSA) is 80.1 Å². The highest BCUT2D eigenvalue weighted by Gasteiger charge is 2.47. The Bertz CT molecular complexity index is 667. The van der Waals surface area contributed by atoms with Crippen LogP contribution in [0.4, 0.5) is 18.0 Å². The van der Waals surface area contributed by atoms with Gasteiger partial charge in [-0.25, -0.2) is 4.79 Å². The van der Waals surface area contributed by atoms with Gasteiger partial charge in [0.25, 0.3) is 5.91 Å². The zero-order valence-corrected chi connectivity index (χ0v) is 12.6. The summed E-state index contributed by atoms with van der Waals surface area (Å²) in [6, 6.07) is -0.583. The number of carbonyl (C=O) groups excluding carboxylic acids is 2. The molecule has 0 saturated carbocycles. The van der Waals surface area contributed by atoms with Crippen molar-refractivity contribution in [2.75, 3.05) is 0 Å². The molecule has 0 radical (unpaired) electrons. The van der Waals surface area contributed by atoms with E-state index in [1.807, 2.05) is 0 Å². The molecule has 1 aromatic heterocycles. The Kier molecular flexibility index (Phi) is 3.38. The molecular formula is C13H16F3N5O2. The Morgan fingerprint density at radius 1 is 1.30 bits per heavy atom. The first kappa shape index (κ1) is 15.8. The summed E-state index contributed by atoms with van der Waals surface area (Å²) in [7, 11) is 0. The number of alkyl halides is 3. The van der Waals surface area contributed by atoms with Crippen LogP contribution in [0.25, 0.3) is 0 Å². The van der Waals surface area contributed by atoms with Crippen molar-refractivity contribution >= 4 is 11.9 Å². The van der Waals surface area contributed by atoms with Crippen LogP contribution in [0, 0.1) is 0 Å². The second-order valence-electron chi connectivity index (χ2n) is 6.31. The van der Waals surface area contributed by atoms with Crippen LogP contribution >= 0.6 is 0 Å². The third kappa shape index (κ3) is 2.55. The Balaban J connectivity index is 1.88.